The minimum absolute atomic E-state index is 0.0866. The summed E-state index contributed by atoms with van der Waals surface area (Å²) in [5.74, 6) is -1.08. The van der Waals surface area contributed by atoms with E-state index >= 15 is 0 Å². The first-order valence-corrected chi connectivity index (χ1v) is 7.24. The maximum absolute atomic E-state index is 11.8. The summed E-state index contributed by atoms with van der Waals surface area (Å²) >= 11 is 1.29. The van der Waals surface area contributed by atoms with E-state index < -0.39 is 5.97 Å². The number of carbonyl (C=O) groups excluding carboxylic acids is 1. The highest BCUT2D eigenvalue weighted by atomic mass is 32.1. The van der Waals surface area contributed by atoms with E-state index in [1.807, 2.05) is 0 Å². The van der Waals surface area contributed by atoms with Crippen LogP contribution in [0, 0.1) is 0 Å². The highest BCUT2D eigenvalue weighted by Gasteiger charge is 2.07. The van der Waals surface area contributed by atoms with Crippen molar-refractivity contribution >= 4 is 29.3 Å². The summed E-state index contributed by atoms with van der Waals surface area (Å²) in [6, 6.07) is 3.46. The van der Waals surface area contributed by atoms with Crippen LogP contribution in [0.2, 0.25) is 0 Å². The first-order valence-electron chi connectivity index (χ1n) is 6.42. The molecule has 104 valence electrons. The van der Waals surface area contributed by atoms with Gasteiger partial charge in [-0.2, -0.15) is 0 Å². The number of thiophene rings is 1. The quantitative estimate of drug-likeness (QED) is 0.568. The van der Waals surface area contributed by atoms with Crippen LogP contribution in [0.5, 0.6) is 0 Å². The standard InChI is InChI=1S/C14H19NO3S/c1-2-3-4-5-10-15-14(18)12-8-6-11(19-12)7-9-13(16)17/h6-9H,2-5,10H2,1H3,(H,15,18)(H,16,17). The zero-order chi connectivity index (χ0) is 14.1. The number of carbonyl (C=O) groups is 2. The van der Waals surface area contributed by atoms with Crippen LogP contribution in [0.1, 0.15) is 47.2 Å². The van der Waals surface area contributed by atoms with Crippen molar-refractivity contribution in [3.63, 3.8) is 0 Å². The zero-order valence-corrected chi connectivity index (χ0v) is 11.8. The Morgan fingerprint density at radius 2 is 2.11 bits per heavy atom. The Morgan fingerprint density at radius 3 is 2.79 bits per heavy atom. The van der Waals surface area contributed by atoms with Gasteiger partial charge in [-0.15, -0.1) is 11.3 Å². The first kappa shape index (κ1) is 15.4. The number of unbranched alkanes of at least 4 members (excludes halogenated alkanes) is 3. The van der Waals surface area contributed by atoms with E-state index in [2.05, 4.69) is 12.2 Å². The largest absolute Gasteiger partial charge is 0.478 e. The summed E-state index contributed by atoms with van der Waals surface area (Å²) in [6.45, 7) is 2.84. The van der Waals surface area contributed by atoms with E-state index in [0.717, 1.165) is 23.8 Å². The monoisotopic (exact) mass is 281 g/mol. The summed E-state index contributed by atoms with van der Waals surface area (Å²) in [5, 5.41) is 11.4. The van der Waals surface area contributed by atoms with Crippen LogP contribution in [0.15, 0.2) is 18.2 Å². The van der Waals surface area contributed by atoms with Crippen LogP contribution in [0.3, 0.4) is 0 Å². The number of carboxylic acids is 1. The molecule has 2 N–H and O–H groups in total. The lowest BCUT2D eigenvalue weighted by molar-refractivity contribution is -0.131. The summed E-state index contributed by atoms with van der Waals surface area (Å²) in [4.78, 5) is 23.5. The average molecular weight is 281 g/mol. The van der Waals surface area contributed by atoms with E-state index in [4.69, 9.17) is 5.11 Å². The lowest BCUT2D eigenvalue weighted by Crippen LogP contribution is -2.23. The second-order valence-electron chi connectivity index (χ2n) is 4.19. The predicted molar refractivity (Wildman–Crippen MR) is 77.5 cm³/mol. The van der Waals surface area contributed by atoms with E-state index in [1.54, 1.807) is 12.1 Å². The summed E-state index contributed by atoms with van der Waals surface area (Å²) < 4.78 is 0. The van der Waals surface area contributed by atoms with Crippen LogP contribution >= 0.6 is 11.3 Å². The van der Waals surface area contributed by atoms with Crippen LogP contribution < -0.4 is 5.32 Å². The van der Waals surface area contributed by atoms with Gasteiger partial charge in [-0.25, -0.2) is 4.79 Å². The molecule has 0 aromatic carbocycles. The van der Waals surface area contributed by atoms with Gasteiger partial charge in [0.05, 0.1) is 4.88 Å². The van der Waals surface area contributed by atoms with Crippen molar-refractivity contribution in [2.24, 2.45) is 0 Å². The molecule has 1 heterocycles. The second kappa shape index (κ2) is 8.48. The van der Waals surface area contributed by atoms with Crippen molar-refractivity contribution in [1.82, 2.24) is 5.32 Å². The van der Waals surface area contributed by atoms with Crippen molar-refractivity contribution in [2.75, 3.05) is 6.54 Å². The zero-order valence-electron chi connectivity index (χ0n) is 11.0. The SMILES string of the molecule is CCCCCCNC(=O)c1ccc(C=CC(=O)O)s1. The Balaban J connectivity index is 2.38. The van der Waals surface area contributed by atoms with Gasteiger partial charge in [0.15, 0.2) is 0 Å². The van der Waals surface area contributed by atoms with Gasteiger partial charge in [0.25, 0.3) is 5.91 Å². The Morgan fingerprint density at radius 1 is 1.32 bits per heavy atom. The van der Waals surface area contributed by atoms with Gasteiger partial charge in [-0.05, 0) is 24.6 Å². The van der Waals surface area contributed by atoms with E-state index in [9.17, 15) is 9.59 Å². The molecule has 0 fully saturated rings. The molecule has 0 aliphatic carbocycles. The smallest absolute Gasteiger partial charge is 0.328 e. The van der Waals surface area contributed by atoms with E-state index in [1.165, 1.54) is 30.3 Å². The highest BCUT2D eigenvalue weighted by molar-refractivity contribution is 7.14. The van der Waals surface area contributed by atoms with Crippen molar-refractivity contribution in [2.45, 2.75) is 32.6 Å². The molecule has 0 atom stereocenters. The summed E-state index contributed by atoms with van der Waals surface area (Å²) in [7, 11) is 0. The minimum atomic E-state index is -0.990. The normalized spacial score (nSPS) is 10.8. The van der Waals surface area contributed by atoms with Gasteiger partial charge >= 0.3 is 5.97 Å². The number of amides is 1. The average Bonchev–Trinajstić information content (AvgIpc) is 2.84. The lowest BCUT2D eigenvalue weighted by atomic mass is 10.2. The second-order valence-corrected chi connectivity index (χ2v) is 5.31. The van der Waals surface area contributed by atoms with Crippen LogP contribution in [0.4, 0.5) is 0 Å². The molecule has 0 aliphatic rings. The molecule has 19 heavy (non-hydrogen) atoms. The lowest BCUT2D eigenvalue weighted by Gasteiger charge is -2.02. The molecule has 4 nitrogen and oxygen atoms in total. The molecule has 0 saturated heterocycles. The van der Waals surface area contributed by atoms with Gasteiger partial charge in [0.2, 0.25) is 0 Å². The van der Waals surface area contributed by atoms with Crippen LogP contribution in [-0.2, 0) is 4.79 Å². The van der Waals surface area contributed by atoms with Crippen molar-refractivity contribution < 1.29 is 14.7 Å². The van der Waals surface area contributed by atoms with Crippen molar-refractivity contribution in [3.05, 3.63) is 28.0 Å². The summed E-state index contributed by atoms with van der Waals surface area (Å²) in [5.41, 5.74) is 0. The Labute approximate surface area is 117 Å². The predicted octanol–water partition coefficient (Wildman–Crippen LogP) is 3.16. The first-order chi connectivity index (χ1) is 9.13. The Kier molecular flexibility index (Phi) is 6.89. The van der Waals surface area contributed by atoms with Gasteiger partial charge in [-0.1, -0.05) is 26.2 Å². The number of hydrogen-bond acceptors (Lipinski definition) is 3. The number of carboxylic acid groups (broad SMARTS) is 1. The third kappa shape index (κ3) is 6.20. The fourth-order valence-electron chi connectivity index (χ4n) is 1.56. The molecular formula is C14H19NO3S. The fourth-order valence-corrected chi connectivity index (χ4v) is 2.39. The third-order valence-electron chi connectivity index (χ3n) is 2.56. The van der Waals surface area contributed by atoms with Gasteiger partial charge in [0.1, 0.15) is 0 Å². The maximum atomic E-state index is 11.8. The van der Waals surface area contributed by atoms with Crippen LogP contribution in [-0.4, -0.2) is 23.5 Å². The van der Waals surface area contributed by atoms with Crippen LogP contribution in [0.25, 0.3) is 6.08 Å². The van der Waals surface area contributed by atoms with Crippen molar-refractivity contribution in [3.8, 4) is 0 Å². The molecule has 1 amide bonds. The molecule has 0 aliphatic heterocycles. The molecule has 5 heteroatoms. The number of aliphatic carboxylic acids is 1. The Hall–Kier alpha value is -1.62. The fraction of sp³-hybridized carbons (Fsp3) is 0.429. The minimum Gasteiger partial charge on any atom is -0.478 e. The Bertz CT molecular complexity index is 451. The summed E-state index contributed by atoms with van der Waals surface area (Å²) in [6.07, 6.45) is 7.06. The topological polar surface area (TPSA) is 66.4 Å². The highest BCUT2D eigenvalue weighted by Crippen LogP contribution is 2.17. The van der Waals surface area contributed by atoms with Crippen molar-refractivity contribution in [1.29, 1.82) is 0 Å². The molecule has 1 aromatic rings. The molecule has 0 unspecified atom stereocenters. The number of rotatable bonds is 8. The number of nitrogens with one attached hydrogen (secondary N) is 1. The molecular weight excluding hydrogens is 262 g/mol. The van der Waals surface area contributed by atoms with E-state index in [-0.39, 0.29) is 5.91 Å². The number of hydrogen-bond donors (Lipinski definition) is 2. The van der Waals surface area contributed by atoms with Gasteiger partial charge in [0, 0.05) is 17.5 Å². The molecule has 0 bridgehead atoms. The maximum Gasteiger partial charge on any atom is 0.328 e. The molecule has 1 aromatic heterocycles. The van der Waals surface area contributed by atoms with Gasteiger partial charge < -0.3 is 10.4 Å². The third-order valence-corrected chi connectivity index (χ3v) is 3.61. The molecule has 1 rings (SSSR count). The molecule has 0 spiro atoms. The molecule has 0 saturated carbocycles. The molecule has 0 radical (unpaired) electrons. The van der Waals surface area contributed by atoms with E-state index in [0.29, 0.717) is 11.4 Å². The van der Waals surface area contributed by atoms with Gasteiger partial charge in [-0.3, -0.25) is 4.79 Å².